The highest BCUT2D eigenvalue weighted by atomic mass is 19.4. The average Bonchev–Trinajstić information content (AvgIpc) is 3.36. The monoisotopic (exact) mass is 351 g/mol. The lowest BCUT2D eigenvalue weighted by molar-refractivity contribution is -0.138. The minimum atomic E-state index is -4.42. The number of carbonyl (C=O) groups excluding carboxylic acids is 1. The topological polar surface area (TPSA) is 20.3 Å². The first-order valence-electron chi connectivity index (χ1n) is 7.93. The Labute approximate surface area is 143 Å². The molecule has 0 saturated heterocycles. The van der Waals surface area contributed by atoms with Gasteiger partial charge < -0.3 is 4.90 Å². The van der Waals surface area contributed by atoms with Crippen LogP contribution in [-0.4, -0.2) is 17.9 Å². The molecule has 0 spiro atoms. The summed E-state index contributed by atoms with van der Waals surface area (Å²) in [5.74, 6) is -1.38. The molecule has 0 aliphatic heterocycles. The minimum absolute atomic E-state index is 0.184. The number of carbonyl (C=O) groups is 1. The van der Waals surface area contributed by atoms with Gasteiger partial charge in [-0.05, 0) is 41.7 Å². The molecule has 1 aliphatic carbocycles. The molecule has 132 valence electrons. The van der Waals surface area contributed by atoms with Gasteiger partial charge in [0.2, 0.25) is 5.91 Å². The van der Waals surface area contributed by atoms with Crippen LogP contribution in [0, 0.1) is 11.7 Å². The van der Waals surface area contributed by atoms with Crippen LogP contribution in [0.5, 0.6) is 0 Å². The Bertz CT molecular complexity index is 770. The summed E-state index contributed by atoms with van der Waals surface area (Å²) in [6.45, 7) is 0.295. The Morgan fingerprint density at radius 2 is 1.76 bits per heavy atom. The van der Waals surface area contributed by atoms with Crippen LogP contribution in [0.3, 0.4) is 0 Å². The molecular weight excluding hydrogens is 334 g/mol. The summed E-state index contributed by atoms with van der Waals surface area (Å²) in [6, 6.07) is 11.2. The normalized spacial score (nSPS) is 19.6. The summed E-state index contributed by atoms with van der Waals surface area (Å²) in [4.78, 5) is 14.0. The first-order valence-corrected chi connectivity index (χ1v) is 7.93. The molecule has 0 N–H and O–H groups in total. The first-order chi connectivity index (χ1) is 11.8. The van der Waals surface area contributed by atoms with Gasteiger partial charge in [-0.25, -0.2) is 4.39 Å². The van der Waals surface area contributed by atoms with Gasteiger partial charge in [0.25, 0.3) is 0 Å². The molecule has 0 radical (unpaired) electrons. The molecule has 1 aliphatic rings. The Morgan fingerprint density at radius 1 is 1.12 bits per heavy atom. The number of hydrogen-bond donors (Lipinski definition) is 0. The third-order valence-electron chi connectivity index (χ3n) is 4.48. The van der Waals surface area contributed by atoms with Gasteiger partial charge in [0.15, 0.2) is 0 Å². The van der Waals surface area contributed by atoms with Crippen molar-refractivity contribution in [1.29, 1.82) is 0 Å². The SMILES string of the molecule is CN(Cc1ccc(F)cc1)C(=O)C1CC1c1ccccc1C(F)(F)F. The maximum atomic E-state index is 13.1. The van der Waals surface area contributed by atoms with Crippen molar-refractivity contribution in [3.63, 3.8) is 0 Å². The van der Waals surface area contributed by atoms with E-state index in [1.165, 1.54) is 29.2 Å². The second-order valence-electron chi connectivity index (χ2n) is 6.35. The molecule has 0 aromatic heterocycles. The van der Waals surface area contributed by atoms with Crippen LogP contribution in [0.15, 0.2) is 48.5 Å². The van der Waals surface area contributed by atoms with Crippen LogP contribution < -0.4 is 0 Å². The lowest BCUT2D eigenvalue weighted by Gasteiger charge is -2.18. The predicted octanol–water partition coefficient (Wildman–Crippen LogP) is 4.61. The highest BCUT2D eigenvalue weighted by molar-refractivity contribution is 5.83. The minimum Gasteiger partial charge on any atom is -0.341 e. The molecule has 2 aromatic rings. The van der Waals surface area contributed by atoms with E-state index in [2.05, 4.69) is 0 Å². The number of benzene rings is 2. The molecule has 2 aromatic carbocycles. The van der Waals surface area contributed by atoms with E-state index in [0.29, 0.717) is 13.0 Å². The Balaban J connectivity index is 1.69. The summed E-state index contributed by atoms with van der Waals surface area (Å²) in [5.41, 5.74) is 0.283. The molecule has 2 nitrogen and oxygen atoms in total. The van der Waals surface area contributed by atoms with Crippen LogP contribution in [0.1, 0.15) is 29.0 Å². The zero-order chi connectivity index (χ0) is 18.2. The lowest BCUT2D eigenvalue weighted by Crippen LogP contribution is -2.28. The molecule has 1 fully saturated rings. The summed E-state index contributed by atoms with van der Waals surface area (Å²) >= 11 is 0. The van der Waals surface area contributed by atoms with E-state index < -0.39 is 23.6 Å². The molecule has 1 saturated carbocycles. The van der Waals surface area contributed by atoms with Crippen molar-refractivity contribution in [2.24, 2.45) is 5.92 Å². The molecule has 3 rings (SSSR count). The smallest absolute Gasteiger partial charge is 0.341 e. The van der Waals surface area contributed by atoms with Crippen molar-refractivity contribution in [1.82, 2.24) is 4.90 Å². The second kappa shape index (κ2) is 6.50. The molecular formula is C19H17F4NO. The summed E-state index contributed by atoms with van der Waals surface area (Å²) < 4.78 is 52.3. The van der Waals surface area contributed by atoms with Crippen LogP contribution in [0.2, 0.25) is 0 Å². The Morgan fingerprint density at radius 3 is 2.40 bits per heavy atom. The average molecular weight is 351 g/mol. The highest BCUT2D eigenvalue weighted by Gasteiger charge is 2.48. The van der Waals surface area contributed by atoms with Crippen molar-refractivity contribution in [3.8, 4) is 0 Å². The number of alkyl halides is 3. The molecule has 25 heavy (non-hydrogen) atoms. The maximum absolute atomic E-state index is 13.1. The summed E-state index contributed by atoms with van der Waals surface area (Å²) in [6.07, 6.45) is -4.01. The summed E-state index contributed by atoms with van der Waals surface area (Å²) in [5, 5.41) is 0. The van der Waals surface area contributed by atoms with Crippen LogP contribution >= 0.6 is 0 Å². The fourth-order valence-corrected chi connectivity index (χ4v) is 3.11. The second-order valence-corrected chi connectivity index (χ2v) is 6.35. The van der Waals surface area contributed by atoms with E-state index in [1.54, 1.807) is 25.2 Å². The molecule has 0 heterocycles. The van der Waals surface area contributed by atoms with Gasteiger partial charge in [-0.2, -0.15) is 13.2 Å². The number of hydrogen-bond acceptors (Lipinski definition) is 1. The molecule has 2 atom stereocenters. The van der Waals surface area contributed by atoms with Crippen LogP contribution in [-0.2, 0) is 17.5 Å². The van der Waals surface area contributed by atoms with E-state index in [9.17, 15) is 22.4 Å². The van der Waals surface area contributed by atoms with E-state index in [1.807, 2.05) is 0 Å². The largest absolute Gasteiger partial charge is 0.416 e. The van der Waals surface area contributed by atoms with E-state index in [0.717, 1.165) is 11.6 Å². The van der Waals surface area contributed by atoms with Gasteiger partial charge in [0.1, 0.15) is 5.82 Å². The van der Waals surface area contributed by atoms with Gasteiger partial charge >= 0.3 is 6.18 Å². The highest BCUT2D eigenvalue weighted by Crippen LogP contribution is 2.51. The zero-order valence-corrected chi connectivity index (χ0v) is 13.6. The Kier molecular flexibility index (Phi) is 4.54. The third-order valence-corrected chi connectivity index (χ3v) is 4.48. The fourth-order valence-electron chi connectivity index (χ4n) is 3.11. The quantitative estimate of drug-likeness (QED) is 0.737. The van der Waals surface area contributed by atoms with Gasteiger partial charge in [-0.15, -0.1) is 0 Å². The van der Waals surface area contributed by atoms with Gasteiger partial charge in [0, 0.05) is 19.5 Å². The summed E-state index contributed by atoms with van der Waals surface area (Å²) in [7, 11) is 1.61. The van der Waals surface area contributed by atoms with Crippen LogP contribution in [0.25, 0.3) is 0 Å². The standard InChI is InChI=1S/C19H17F4NO/c1-24(11-12-6-8-13(20)9-7-12)18(25)16-10-15(16)14-4-2-3-5-17(14)19(21,22)23/h2-9,15-16H,10-11H2,1H3. The van der Waals surface area contributed by atoms with Crippen molar-refractivity contribution in [2.75, 3.05) is 7.05 Å². The predicted molar refractivity (Wildman–Crippen MR) is 85.2 cm³/mol. The fraction of sp³-hybridized carbons (Fsp3) is 0.316. The van der Waals surface area contributed by atoms with Gasteiger partial charge in [-0.3, -0.25) is 4.79 Å². The maximum Gasteiger partial charge on any atom is 0.416 e. The Hall–Kier alpha value is -2.37. The molecule has 6 heteroatoms. The van der Waals surface area contributed by atoms with Crippen molar-refractivity contribution < 1.29 is 22.4 Å². The number of halogens is 4. The van der Waals surface area contributed by atoms with Crippen molar-refractivity contribution in [2.45, 2.75) is 25.1 Å². The number of amides is 1. The first kappa shape index (κ1) is 17.5. The van der Waals surface area contributed by atoms with Crippen molar-refractivity contribution >= 4 is 5.91 Å². The van der Waals surface area contributed by atoms with Crippen molar-refractivity contribution in [3.05, 3.63) is 71.0 Å². The number of rotatable bonds is 4. The van der Waals surface area contributed by atoms with Gasteiger partial charge in [-0.1, -0.05) is 30.3 Å². The molecule has 1 amide bonds. The van der Waals surface area contributed by atoms with Gasteiger partial charge in [0.05, 0.1) is 5.56 Å². The van der Waals surface area contributed by atoms with Crippen LogP contribution in [0.4, 0.5) is 17.6 Å². The van der Waals surface area contributed by atoms with E-state index in [-0.39, 0.29) is 17.3 Å². The van der Waals surface area contributed by atoms with E-state index >= 15 is 0 Å². The molecule has 2 unspecified atom stereocenters. The van der Waals surface area contributed by atoms with E-state index in [4.69, 9.17) is 0 Å². The lowest BCUT2D eigenvalue weighted by atomic mass is 10.0. The molecule has 0 bridgehead atoms. The number of nitrogens with zero attached hydrogens (tertiary/aromatic N) is 1. The third kappa shape index (κ3) is 3.83. The zero-order valence-electron chi connectivity index (χ0n) is 13.6.